The molecule has 0 atom stereocenters. The minimum absolute atomic E-state index is 0.705. The quantitative estimate of drug-likeness (QED) is 0.387. The predicted molar refractivity (Wildman–Crippen MR) is 121 cm³/mol. The van der Waals surface area contributed by atoms with E-state index in [1.807, 2.05) is 42.5 Å². The Morgan fingerprint density at radius 2 is 1.50 bits per heavy atom. The Labute approximate surface area is 180 Å². The lowest BCUT2D eigenvalue weighted by Crippen LogP contribution is -2.04. The molecule has 0 bridgehead atoms. The Morgan fingerprint density at radius 3 is 2.13 bits per heavy atom. The van der Waals surface area contributed by atoms with Gasteiger partial charge in [-0.25, -0.2) is 4.98 Å². The highest BCUT2D eigenvalue weighted by Gasteiger charge is 2.14. The number of methoxy groups -OCH3 is 3. The van der Waals surface area contributed by atoms with Gasteiger partial charge >= 0.3 is 0 Å². The summed E-state index contributed by atoms with van der Waals surface area (Å²) in [4.78, 5) is 4.90. The van der Waals surface area contributed by atoms with Crippen LogP contribution in [0.2, 0.25) is 0 Å². The summed E-state index contributed by atoms with van der Waals surface area (Å²) in [5.74, 6) is 2.41. The van der Waals surface area contributed by atoms with Crippen molar-refractivity contribution in [3.63, 3.8) is 0 Å². The second-order valence-electron chi connectivity index (χ2n) is 6.93. The van der Waals surface area contributed by atoms with Crippen molar-refractivity contribution in [2.24, 2.45) is 0 Å². The number of hydrogen-bond acceptors (Lipinski definition) is 5. The molecule has 0 radical (unpaired) electrons. The zero-order valence-electron chi connectivity index (χ0n) is 17.5. The fourth-order valence-electron chi connectivity index (χ4n) is 3.40. The van der Waals surface area contributed by atoms with Gasteiger partial charge in [-0.05, 0) is 61.0 Å². The first kappa shape index (κ1) is 20.0. The van der Waals surface area contributed by atoms with Gasteiger partial charge in [-0.3, -0.25) is 0 Å². The summed E-state index contributed by atoms with van der Waals surface area (Å²) in [7, 11) is 5.01. The Balaban J connectivity index is 1.65. The molecule has 2 aromatic carbocycles. The summed E-state index contributed by atoms with van der Waals surface area (Å²) < 4.78 is 18.4. The van der Waals surface area contributed by atoms with Gasteiger partial charge < -0.3 is 18.8 Å². The van der Waals surface area contributed by atoms with Crippen LogP contribution in [0, 0.1) is 6.92 Å². The third-order valence-corrected chi connectivity index (χ3v) is 5.95. The standard InChI is InChI=1S/C24H24N2O3S/c1-16-5-10-23(26(16)14-17-11-20(28-3)13-21(12-17)29-4)22-15-30-24(25-22)18-6-8-19(27-2)9-7-18/h5-13,15H,14H2,1-4H3. The van der Waals surface area contributed by atoms with Gasteiger partial charge in [-0.1, -0.05) is 0 Å². The van der Waals surface area contributed by atoms with Crippen LogP contribution in [0.5, 0.6) is 17.2 Å². The molecule has 0 aliphatic rings. The zero-order chi connectivity index (χ0) is 21.1. The van der Waals surface area contributed by atoms with Crippen LogP contribution in [-0.4, -0.2) is 30.9 Å². The third kappa shape index (κ3) is 4.04. The van der Waals surface area contributed by atoms with E-state index in [9.17, 15) is 0 Å². The van der Waals surface area contributed by atoms with Gasteiger partial charge in [0.1, 0.15) is 22.3 Å². The lowest BCUT2D eigenvalue weighted by Gasteiger charge is -2.13. The Hall–Kier alpha value is -3.25. The van der Waals surface area contributed by atoms with E-state index >= 15 is 0 Å². The van der Waals surface area contributed by atoms with Crippen LogP contribution in [0.25, 0.3) is 22.0 Å². The van der Waals surface area contributed by atoms with Crippen molar-refractivity contribution >= 4 is 11.3 Å². The molecular formula is C24H24N2O3S. The summed E-state index contributed by atoms with van der Waals surface area (Å²) in [6.45, 7) is 2.81. The minimum Gasteiger partial charge on any atom is -0.497 e. The molecule has 0 aliphatic heterocycles. The summed E-state index contributed by atoms with van der Waals surface area (Å²) in [6.07, 6.45) is 0. The molecule has 0 N–H and O–H groups in total. The van der Waals surface area contributed by atoms with Crippen molar-refractivity contribution in [3.05, 3.63) is 71.2 Å². The summed E-state index contributed by atoms with van der Waals surface area (Å²) >= 11 is 1.64. The van der Waals surface area contributed by atoms with Crippen LogP contribution in [0.15, 0.2) is 60.0 Å². The van der Waals surface area contributed by atoms with Crippen molar-refractivity contribution < 1.29 is 14.2 Å². The molecule has 30 heavy (non-hydrogen) atoms. The van der Waals surface area contributed by atoms with Crippen LogP contribution in [0.3, 0.4) is 0 Å². The van der Waals surface area contributed by atoms with E-state index in [2.05, 4.69) is 29.0 Å². The van der Waals surface area contributed by atoms with Crippen molar-refractivity contribution in [1.82, 2.24) is 9.55 Å². The van der Waals surface area contributed by atoms with Crippen molar-refractivity contribution in [2.75, 3.05) is 21.3 Å². The smallest absolute Gasteiger partial charge is 0.124 e. The maximum absolute atomic E-state index is 5.42. The molecule has 4 aromatic rings. The highest BCUT2D eigenvalue weighted by Crippen LogP contribution is 2.32. The van der Waals surface area contributed by atoms with Gasteiger partial charge in [0.15, 0.2) is 0 Å². The average molecular weight is 421 g/mol. The second kappa shape index (κ2) is 8.63. The topological polar surface area (TPSA) is 45.5 Å². The number of thiazole rings is 1. The fraction of sp³-hybridized carbons (Fsp3) is 0.208. The molecule has 0 amide bonds. The van der Waals surface area contributed by atoms with Gasteiger partial charge in [0.25, 0.3) is 0 Å². The minimum atomic E-state index is 0.705. The zero-order valence-corrected chi connectivity index (χ0v) is 18.3. The molecule has 0 spiro atoms. The van der Waals surface area contributed by atoms with Crippen molar-refractivity contribution in [3.8, 4) is 39.2 Å². The fourth-order valence-corrected chi connectivity index (χ4v) is 4.22. The number of aromatic nitrogens is 2. The van der Waals surface area contributed by atoms with E-state index in [-0.39, 0.29) is 0 Å². The number of ether oxygens (including phenoxy) is 3. The molecule has 6 heteroatoms. The molecule has 5 nitrogen and oxygen atoms in total. The van der Waals surface area contributed by atoms with E-state index in [4.69, 9.17) is 19.2 Å². The first-order valence-corrected chi connectivity index (χ1v) is 10.5. The van der Waals surface area contributed by atoms with Gasteiger partial charge in [-0.15, -0.1) is 11.3 Å². The predicted octanol–water partition coefficient (Wildman–Crippen LogP) is 5.66. The van der Waals surface area contributed by atoms with Crippen molar-refractivity contribution in [2.45, 2.75) is 13.5 Å². The molecule has 4 rings (SSSR count). The maximum Gasteiger partial charge on any atom is 0.124 e. The second-order valence-corrected chi connectivity index (χ2v) is 7.79. The van der Waals surface area contributed by atoms with Crippen LogP contribution >= 0.6 is 11.3 Å². The monoisotopic (exact) mass is 420 g/mol. The number of benzene rings is 2. The molecule has 154 valence electrons. The lowest BCUT2D eigenvalue weighted by atomic mass is 10.2. The van der Waals surface area contributed by atoms with Gasteiger partial charge in [-0.2, -0.15) is 0 Å². The van der Waals surface area contributed by atoms with Crippen LogP contribution in [-0.2, 0) is 6.54 Å². The number of nitrogens with zero attached hydrogens (tertiary/aromatic N) is 2. The largest absolute Gasteiger partial charge is 0.497 e. The Bertz CT molecular complexity index is 1120. The number of rotatable bonds is 7. The maximum atomic E-state index is 5.42. The van der Waals surface area contributed by atoms with Crippen molar-refractivity contribution in [1.29, 1.82) is 0 Å². The Morgan fingerprint density at radius 1 is 0.833 bits per heavy atom. The SMILES string of the molecule is COc1ccc(-c2nc(-c3ccc(C)n3Cc3cc(OC)cc(OC)c3)cs2)cc1. The van der Waals surface area contributed by atoms with E-state index < -0.39 is 0 Å². The highest BCUT2D eigenvalue weighted by molar-refractivity contribution is 7.13. The number of aryl methyl sites for hydroxylation is 1. The van der Waals surface area contributed by atoms with Gasteiger partial charge in [0, 0.05) is 29.2 Å². The molecule has 2 heterocycles. The molecule has 0 unspecified atom stereocenters. The van der Waals surface area contributed by atoms with Crippen LogP contribution < -0.4 is 14.2 Å². The molecule has 2 aromatic heterocycles. The Kier molecular flexibility index (Phi) is 5.77. The summed E-state index contributed by atoms with van der Waals surface area (Å²) in [5.41, 5.74) is 5.42. The lowest BCUT2D eigenvalue weighted by molar-refractivity contribution is 0.393. The molecular weight excluding hydrogens is 396 g/mol. The first-order valence-electron chi connectivity index (χ1n) is 9.59. The molecule has 0 fully saturated rings. The third-order valence-electron chi connectivity index (χ3n) is 5.05. The van der Waals surface area contributed by atoms with Gasteiger partial charge in [0.05, 0.1) is 32.7 Å². The van der Waals surface area contributed by atoms with E-state index in [1.54, 1.807) is 32.7 Å². The summed E-state index contributed by atoms with van der Waals surface area (Å²) in [5, 5.41) is 3.10. The van der Waals surface area contributed by atoms with Crippen LogP contribution in [0.1, 0.15) is 11.3 Å². The normalized spacial score (nSPS) is 10.8. The van der Waals surface area contributed by atoms with E-state index in [0.29, 0.717) is 6.54 Å². The molecule has 0 saturated carbocycles. The summed E-state index contributed by atoms with van der Waals surface area (Å²) in [6, 6.07) is 18.2. The first-order chi connectivity index (χ1) is 14.6. The van der Waals surface area contributed by atoms with Crippen LogP contribution in [0.4, 0.5) is 0 Å². The molecule has 0 aliphatic carbocycles. The van der Waals surface area contributed by atoms with E-state index in [1.165, 1.54) is 5.69 Å². The van der Waals surface area contributed by atoms with Gasteiger partial charge in [0.2, 0.25) is 0 Å². The average Bonchev–Trinajstić information content (AvgIpc) is 3.41. The molecule has 0 saturated heterocycles. The van der Waals surface area contributed by atoms with E-state index in [0.717, 1.165) is 44.8 Å². The highest BCUT2D eigenvalue weighted by atomic mass is 32.1. The number of hydrogen-bond donors (Lipinski definition) is 0.